The molecule has 0 aliphatic rings. The molecule has 0 aromatic heterocycles. The molecular formula is C22H28N2O4S. The third-order valence-electron chi connectivity index (χ3n) is 4.15. The van der Waals surface area contributed by atoms with Crippen LogP contribution in [0, 0.1) is 12.8 Å². The molecule has 6 nitrogen and oxygen atoms in total. The van der Waals surface area contributed by atoms with Crippen molar-refractivity contribution in [3.05, 3.63) is 53.6 Å². The number of hydrazine groups is 1. The average molecular weight is 417 g/mol. The first-order chi connectivity index (χ1) is 13.9. The predicted molar refractivity (Wildman–Crippen MR) is 115 cm³/mol. The van der Waals surface area contributed by atoms with Gasteiger partial charge in [0.15, 0.2) is 11.5 Å². The zero-order valence-corrected chi connectivity index (χ0v) is 18.1. The molecular weight excluding hydrogens is 388 g/mol. The van der Waals surface area contributed by atoms with E-state index in [2.05, 4.69) is 24.7 Å². The molecule has 0 fully saturated rings. The number of amides is 2. The molecule has 0 heterocycles. The van der Waals surface area contributed by atoms with Crippen molar-refractivity contribution in [2.45, 2.75) is 32.1 Å². The van der Waals surface area contributed by atoms with E-state index in [0.717, 1.165) is 16.9 Å². The minimum absolute atomic E-state index is 0.205. The van der Waals surface area contributed by atoms with Crippen LogP contribution in [0.15, 0.2) is 47.4 Å². The van der Waals surface area contributed by atoms with Gasteiger partial charge in [0.1, 0.15) is 0 Å². The minimum Gasteiger partial charge on any atom is -0.493 e. The maximum absolute atomic E-state index is 12.3. The van der Waals surface area contributed by atoms with Crippen molar-refractivity contribution < 1.29 is 19.1 Å². The van der Waals surface area contributed by atoms with E-state index >= 15 is 0 Å². The maximum atomic E-state index is 12.3. The number of hydrogen-bond acceptors (Lipinski definition) is 5. The highest BCUT2D eigenvalue weighted by Gasteiger charge is 2.13. The smallest absolute Gasteiger partial charge is 0.269 e. The normalized spacial score (nSPS) is 10.5. The molecule has 7 heteroatoms. The summed E-state index contributed by atoms with van der Waals surface area (Å²) in [5.41, 5.74) is 6.34. The van der Waals surface area contributed by atoms with Crippen LogP contribution < -0.4 is 20.3 Å². The zero-order chi connectivity index (χ0) is 21.2. The Morgan fingerprint density at radius 3 is 2.52 bits per heavy atom. The fraction of sp³-hybridized carbons (Fsp3) is 0.364. The Hall–Kier alpha value is -2.67. The molecule has 0 aliphatic carbocycles. The molecule has 0 radical (unpaired) electrons. The van der Waals surface area contributed by atoms with E-state index in [0.29, 0.717) is 29.6 Å². The first kappa shape index (κ1) is 22.6. The quantitative estimate of drug-likeness (QED) is 0.478. The Balaban J connectivity index is 1.86. The molecule has 2 N–H and O–H groups in total. The van der Waals surface area contributed by atoms with Crippen LogP contribution in [0.1, 0.15) is 36.2 Å². The van der Waals surface area contributed by atoms with Crippen molar-refractivity contribution in [3.8, 4) is 11.5 Å². The number of aryl methyl sites for hydroxylation is 1. The monoisotopic (exact) mass is 416 g/mol. The molecule has 0 saturated heterocycles. The Bertz CT molecular complexity index is 839. The van der Waals surface area contributed by atoms with Gasteiger partial charge in [-0.05, 0) is 49.1 Å². The zero-order valence-electron chi connectivity index (χ0n) is 17.3. The number of ether oxygens (including phenoxy) is 2. The number of rotatable bonds is 9. The second kappa shape index (κ2) is 11.4. The van der Waals surface area contributed by atoms with Crippen LogP contribution in [0.4, 0.5) is 0 Å². The summed E-state index contributed by atoms with van der Waals surface area (Å²) in [6.45, 7) is 6.82. The summed E-state index contributed by atoms with van der Waals surface area (Å²) in [6, 6.07) is 12.8. The summed E-state index contributed by atoms with van der Waals surface area (Å²) in [5.74, 6) is 1.10. The predicted octanol–water partition coefficient (Wildman–Crippen LogP) is 3.98. The Kier molecular flexibility index (Phi) is 8.86. The van der Waals surface area contributed by atoms with Crippen molar-refractivity contribution in [1.82, 2.24) is 10.9 Å². The van der Waals surface area contributed by atoms with Crippen molar-refractivity contribution in [3.63, 3.8) is 0 Å². The van der Waals surface area contributed by atoms with Crippen LogP contribution >= 0.6 is 11.8 Å². The van der Waals surface area contributed by atoms with Crippen molar-refractivity contribution in [2.24, 2.45) is 5.92 Å². The molecule has 0 saturated carbocycles. The Morgan fingerprint density at radius 2 is 1.83 bits per heavy atom. The summed E-state index contributed by atoms with van der Waals surface area (Å²) < 4.78 is 11.0. The molecule has 0 bridgehead atoms. The van der Waals surface area contributed by atoms with Crippen LogP contribution in [0.25, 0.3) is 0 Å². The number of carbonyl (C=O) groups is 2. The van der Waals surface area contributed by atoms with E-state index in [9.17, 15) is 9.59 Å². The topological polar surface area (TPSA) is 76.7 Å². The van der Waals surface area contributed by atoms with Gasteiger partial charge in [0.05, 0.1) is 19.5 Å². The number of methoxy groups -OCH3 is 1. The standard InChI is InChI=1S/C22H28N2O4S/c1-15(2)11-12-28-18-10-9-17(13-19(18)27-4)22(26)24-23-21(25)14-29-20-8-6-5-7-16(20)3/h5-10,13,15H,11-12,14H2,1-4H3,(H,23,25)(H,24,26). The van der Waals surface area contributed by atoms with Crippen molar-refractivity contribution in [1.29, 1.82) is 0 Å². The van der Waals surface area contributed by atoms with E-state index in [4.69, 9.17) is 9.47 Å². The molecule has 2 amide bonds. The van der Waals surface area contributed by atoms with Crippen LogP contribution in [0.5, 0.6) is 11.5 Å². The highest BCUT2D eigenvalue weighted by atomic mass is 32.2. The highest BCUT2D eigenvalue weighted by Crippen LogP contribution is 2.28. The molecule has 0 aliphatic heterocycles. The van der Waals surface area contributed by atoms with Gasteiger partial charge in [-0.15, -0.1) is 11.8 Å². The van der Waals surface area contributed by atoms with Gasteiger partial charge in [-0.3, -0.25) is 20.4 Å². The summed E-state index contributed by atoms with van der Waals surface area (Å²) in [4.78, 5) is 25.4. The molecule has 0 atom stereocenters. The lowest BCUT2D eigenvalue weighted by atomic mass is 10.1. The molecule has 0 unspecified atom stereocenters. The lowest BCUT2D eigenvalue weighted by Gasteiger charge is -2.13. The molecule has 29 heavy (non-hydrogen) atoms. The lowest BCUT2D eigenvalue weighted by Crippen LogP contribution is -2.42. The number of hydrogen-bond donors (Lipinski definition) is 2. The first-order valence-electron chi connectivity index (χ1n) is 9.49. The summed E-state index contributed by atoms with van der Waals surface area (Å²) in [6.07, 6.45) is 0.929. The van der Waals surface area contributed by atoms with Gasteiger partial charge < -0.3 is 9.47 Å². The first-order valence-corrected chi connectivity index (χ1v) is 10.5. The van der Waals surface area contributed by atoms with E-state index < -0.39 is 5.91 Å². The van der Waals surface area contributed by atoms with Gasteiger partial charge in [-0.1, -0.05) is 32.0 Å². The van der Waals surface area contributed by atoms with Crippen molar-refractivity contribution in [2.75, 3.05) is 19.5 Å². The SMILES string of the molecule is COc1cc(C(=O)NNC(=O)CSc2ccccc2C)ccc1OCCC(C)C. The fourth-order valence-electron chi connectivity index (χ4n) is 2.43. The minimum atomic E-state index is -0.425. The van der Waals surface area contributed by atoms with Crippen LogP contribution in [0.3, 0.4) is 0 Å². The summed E-state index contributed by atoms with van der Waals surface area (Å²) in [5, 5.41) is 0. The molecule has 2 aromatic rings. The summed E-state index contributed by atoms with van der Waals surface area (Å²) >= 11 is 1.42. The van der Waals surface area contributed by atoms with Gasteiger partial charge >= 0.3 is 0 Å². The van der Waals surface area contributed by atoms with E-state index in [-0.39, 0.29) is 11.7 Å². The number of nitrogens with one attached hydrogen (secondary N) is 2. The van der Waals surface area contributed by atoms with Gasteiger partial charge in [0, 0.05) is 10.5 Å². The number of benzene rings is 2. The fourth-order valence-corrected chi connectivity index (χ4v) is 3.26. The Labute approximate surface area is 176 Å². The molecule has 0 spiro atoms. The third-order valence-corrected chi connectivity index (χ3v) is 5.32. The second-order valence-corrected chi connectivity index (χ2v) is 7.97. The van der Waals surface area contributed by atoms with Gasteiger partial charge in [-0.2, -0.15) is 0 Å². The van der Waals surface area contributed by atoms with Gasteiger partial charge in [-0.25, -0.2) is 0 Å². The third kappa shape index (κ3) is 7.34. The summed E-state index contributed by atoms with van der Waals surface area (Å²) in [7, 11) is 1.52. The largest absolute Gasteiger partial charge is 0.493 e. The lowest BCUT2D eigenvalue weighted by molar-refractivity contribution is -0.119. The van der Waals surface area contributed by atoms with Crippen LogP contribution in [0.2, 0.25) is 0 Å². The van der Waals surface area contributed by atoms with Crippen molar-refractivity contribution >= 4 is 23.6 Å². The van der Waals surface area contributed by atoms with Crippen LogP contribution in [-0.4, -0.2) is 31.3 Å². The van der Waals surface area contributed by atoms with E-state index in [1.54, 1.807) is 18.2 Å². The van der Waals surface area contributed by atoms with Gasteiger partial charge in [0.2, 0.25) is 5.91 Å². The Morgan fingerprint density at radius 1 is 1.07 bits per heavy atom. The van der Waals surface area contributed by atoms with Crippen LogP contribution in [-0.2, 0) is 4.79 Å². The average Bonchev–Trinajstić information content (AvgIpc) is 2.71. The molecule has 156 valence electrons. The number of thioether (sulfide) groups is 1. The number of carbonyl (C=O) groups excluding carboxylic acids is 2. The van der Waals surface area contributed by atoms with E-state index in [1.807, 2.05) is 31.2 Å². The molecule has 2 aromatic carbocycles. The maximum Gasteiger partial charge on any atom is 0.269 e. The van der Waals surface area contributed by atoms with Gasteiger partial charge in [0.25, 0.3) is 5.91 Å². The van der Waals surface area contributed by atoms with E-state index in [1.165, 1.54) is 18.9 Å². The second-order valence-electron chi connectivity index (χ2n) is 6.95. The molecule has 2 rings (SSSR count). The highest BCUT2D eigenvalue weighted by molar-refractivity contribution is 8.00.